The zero-order valence-corrected chi connectivity index (χ0v) is 18.0. The fourth-order valence-electron chi connectivity index (χ4n) is 4.61. The molecule has 1 saturated carbocycles. The second-order valence-electron chi connectivity index (χ2n) is 9.32. The Hall–Kier alpha value is -1.43. The summed E-state index contributed by atoms with van der Waals surface area (Å²) in [6.07, 6.45) is 3.27. The van der Waals surface area contributed by atoms with Gasteiger partial charge in [0.1, 0.15) is 5.54 Å². The molecule has 3 N–H and O–H groups in total. The van der Waals surface area contributed by atoms with Crippen LogP contribution in [0.1, 0.15) is 58.1 Å². The third-order valence-corrected chi connectivity index (χ3v) is 6.86. The van der Waals surface area contributed by atoms with Gasteiger partial charge in [-0.2, -0.15) is 0 Å². The van der Waals surface area contributed by atoms with Gasteiger partial charge in [0.25, 0.3) is 0 Å². The van der Waals surface area contributed by atoms with E-state index >= 15 is 0 Å². The largest absolute Gasteiger partial charge is 0.378 e. The molecule has 5 heteroatoms. The Morgan fingerprint density at radius 3 is 2.57 bits per heavy atom. The summed E-state index contributed by atoms with van der Waals surface area (Å²) in [6, 6.07) is 8.58. The number of nitrogens with one attached hydrogen (secondary N) is 1. The number of carbonyl (C=O) groups is 1. The number of likely N-dealkylation sites (tertiary alicyclic amines) is 1. The Balaban J connectivity index is 1.50. The van der Waals surface area contributed by atoms with Crippen LogP contribution in [0.25, 0.3) is 0 Å². The molecule has 3 rings (SSSR count). The van der Waals surface area contributed by atoms with Gasteiger partial charge < -0.3 is 15.8 Å². The molecule has 1 aromatic carbocycles. The smallest absolute Gasteiger partial charge is 0.241 e. The maximum Gasteiger partial charge on any atom is 0.241 e. The zero-order chi connectivity index (χ0) is 20.4. The van der Waals surface area contributed by atoms with Crippen molar-refractivity contribution in [1.29, 1.82) is 0 Å². The summed E-state index contributed by atoms with van der Waals surface area (Å²) < 4.78 is 5.72. The van der Waals surface area contributed by atoms with Gasteiger partial charge in [0.05, 0.1) is 6.10 Å². The summed E-state index contributed by atoms with van der Waals surface area (Å²) in [6.45, 7) is 12.9. The van der Waals surface area contributed by atoms with Crippen molar-refractivity contribution in [3.05, 3.63) is 35.4 Å². The minimum Gasteiger partial charge on any atom is -0.378 e. The summed E-state index contributed by atoms with van der Waals surface area (Å²) >= 11 is 0. The Morgan fingerprint density at radius 2 is 1.96 bits per heavy atom. The molecule has 2 aliphatic rings. The van der Waals surface area contributed by atoms with Gasteiger partial charge in [-0.3, -0.25) is 9.69 Å². The van der Waals surface area contributed by atoms with E-state index in [2.05, 4.69) is 41.4 Å². The minimum absolute atomic E-state index is 0.0463. The summed E-state index contributed by atoms with van der Waals surface area (Å²) in [7, 11) is 0. The van der Waals surface area contributed by atoms with Crippen molar-refractivity contribution in [3.8, 4) is 0 Å². The minimum atomic E-state index is -0.863. The van der Waals surface area contributed by atoms with Crippen molar-refractivity contribution >= 4 is 5.91 Å². The zero-order valence-electron chi connectivity index (χ0n) is 18.0. The first-order chi connectivity index (χ1) is 13.3. The quantitative estimate of drug-likeness (QED) is 0.754. The van der Waals surface area contributed by atoms with Gasteiger partial charge in [0, 0.05) is 38.1 Å². The maximum atomic E-state index is 12.7. The molecule has 1 heterocycles. The number of piperidine rings is 1. The van der Waals surface area contributed by atoms with Crippen molar-refractivity contribution in [3.63, 3.8) is 0 Å². The topological polar surface area (TPSA) is 67.6 Å². The maximum absolute atomic E-state index is 12.7. The number of nitrogens with two attached hydrogens (primary N) is 1. The second-order valence-corrected chi connectivity index (χ2v) is 9.32. The van der Waals surface area contributed by atoms with E-state index in [1.807, 2.05) is 20.8 Å². The van der Waals surface area contributed by atoms with E-state index in [1.54, 1.807) is 0 Å². The molecule has 5 nitrogen and oxygen atoms in total. The van der Waals surface area contributed by atoms with Gasteiger partial charge >= 0.3 is 0 Å². The first-order valence-electron chi connectivity index (χ1n) is 10.7. The van der Waals surface area contributed by atoms with E-state index in [9.17, 15) is 4.79 Å². The van der Waals surface area contributed by atoms with Gasteiger partial charge in [-0.1, -0.05) is 45.0 Å². The predicted octanol–water partition coefficient (Wildman–Crippen LogP) is 3.07. The van der Waals surface area contributed by atoms with E-state index in [4.69, 9.17) is 10.5 Å². The van der Waals surface area contributed by atoms with E-state index in [-0.39, 0.29) is 17.4 Å². The van der Waals surface area contributed by atoms with E-state index in [0.29, 0.717) is 19.6 Å². The molecular weight excluding hydrogens is 350 g/mol. The lowest BCUT2D eigenvalue weighted by atomic mass is 9.54. The van der Waals surface area contributed by atoms with Crippen molar-refractivity contribution in [2.75, 3.05) is 19.7 Å². The predicted molar refractivity (Wildman–Crippen MR) is 113 cm³/mol. The number of hydrogen-bond acceptors (Lipinski definition) is 4. The average Bonchev–Trinajstić information content (AvgIpc) is 2.67. The lowest BCUT2D eigenvalue weighted by Gasteiger charge is -2.57. The van der Waals surface area contributed by atoms with Crippen molar-refractivity contribution in [1.82, 2.24) is 10.2 Å². The van der Waals surface area contributed by atoms with Crippen LogP contribution in [-0.2, 0) is 22.6 Å². The summed E-state index contributed by atoms with van der Waals surface area (Å²) in [5.74, 6) is 0.713. The number of rotatable bonds is 7. The molecule has 1 aliphatic heterocycles. The van der Waals surface area contributed by atoms with Crippen LogP contribution in [0.2, 0.25) is 0 Å². The molecular formula is C23H37N3O2. The Bertz CT molecular complexity index is 673. The lowest BCUT2D eigenvalue weighted by Crippen LogP contribution is -2.75. The van der Waals surface area contributed by atoms with Crippen molar-refractivity contribution in [2.45, 2.75) is 71.7 Å². The fraction of sp³-hybridized carbons (Fsp3) is 0.696. The Kier molecular flexibility index (Phi) is 6.47. The number of hydrogen-bond donors (Lipinski definition) is 2. The lowest BCUT2D eigenvalue weighted by molar-refractivity contribution is -0.170. The number of ether oxygens (including phenoxy) is 1. The summed E-state index contributed by atoms with van der Waals surface area (Å²) in [5.41, 5.74) is 7.66. The van der Waals surface area contributed by atoms with E-state index in [0.717, 1.165) is 18.0 Å². The molecule has 1 aliphatic carbocycles. The molecule has 2 fully saturated rings. The van der Waals surface area contributed by atoms with Crippen LogP contribution >= 0.6 is 0 Å². The number of nitrogens with zero attached hydrogens (tertiary/aromatic N) is 1. The molecule has 0 bridgehead atoms. The standard InChI is InChI=1S/C23H37N3O2/c1-5-28-20-13-23(24,22(20,3)4)21(27)25-14-18-8-10-19(11-9-18)16-26-12-6-7-17(2)15-26/h8-11,17,20H,5-7,12-16,24H2,1-4H3,(H,25,27). The van der Waals surface area contributed by atoms with Gasteiger partial charge in [-0.05, 0) is 43.4 Å². The molecule has 1 amide bonds. The van der Waals surface area contributed by atoms with Crippen LogP contribution in [0.4, 0.5) is 0 Å². The van der Waals surface area contributed by atoms with Gasteiger partial charge in [-0.15, -0.1) is 0 Å². The third kappa shape index (κ3) is 4.27. The highest BCUT2D eigenvalue weighted by atomic mass is 16.5. The first-order valence-corrected chi connectivity index (χ1v) is 10.7. The van der Waals surface area contributed by atoms with E-state index in [1.165, 1.54) is 31.5 Å². The Morgan fingerprint density at radius 1 is 1.29 bits per heavy atom. The Labute approximate surface area is 170 Å². The molecule has 1 saturated heterocycles. The molecule has 0 spiro atoms. The normalized spacial score (nSPS) is 29.9. The highest BCUT2D eigenvalue weighted by Crippen LogP contribution is 2.49. The summed E-state index contributed by atoms with van der Waals surface area (Å²) in [5, 5.41) is 3.04. The van der Waals surface area contributed by atoms with Gasteiger partial charge in [-0.25, -0.2) is 0 Å². The molecule has 3 unspecified atom stereocenters. The highest BCUT2D eigenvalue weighted by molar-refractivity contribution is 5.88. The molecule has 1 aromatic rings. The number of amides is 1. The fourth-order valence-corrected chi connectivity index (χ4v) is 4.61. The highest BCUT2D eigenvalue weighted by Gasteiger charge is 2.62. The van der Waals surface area contributed by atoms with Crippen LogP contribution in [0, 0.1) is 11.3 Å². The van der Waals surface area contributed by atoms with E-state index < -0.39 is 5.54 Å². The van der Waals surface area contributed by atoms with Gasteiger partial charge in [0.2, 0.25) is 5.91 Å². The first kappa shape index (κ1) is 21.3. The van der Waals surface area contributed by atoms with Crippen LogP contribution < -0.4 is 11.1 Å². The van der Waals surface area contributed by atoms with Crippen LogP contribution in [0.3, 0.4) is 0 Å². The molecule has 0 radical (unpaired) electrons. The SMILES string of the molecule is CCOC1CC(N)(C(=O)NCc2ccc(CN3CCCC(C)C3)cc2)C1(C)C. The third-order valence-electron chi connectivity index (χ3n) is 6.86. The molecule has 28 heavy (non-hydrogen) atoms. The number of benzene rings is 1. The average molecular weight is 388 g/mol. The molecule has 156 valence electrons. The molecule has 3 atom stereocenters. The summed E-state index contributed by atoms with van der Waals surface area (Å²) in [4.78, 5) is 15.3. The van der Waals surface area contributed by atoms with Crippen LogP contribution in [0.5, 0.6) is 0 Å². The van der Waals surface area contributed by atoms with Crippen molar-refractivity contribution in [2.24, 2.45) is 17.1 Å². The molecule has 0 aromatic heterocycles. The van der Waals surface area contributed by atoms with Gasteiger partial charge in [0.15, 0.2) is 0 Å². The van der Waals surface area contributed by atoms with Crippen LogP contribution in [-0.4, -0.2) is 42.1 Å². The van der Waals surface area contributed by atoms with Crippen molar-refractivity contribution < 1.29 is 9.53 Å². The number of carbonyl (C=O) groups excluding carboxylic acids is 1. The van der Waals surface area contributed by atoms with Crippen LogP contribution in [0.15, 0.2) is 24.3 Å². The monoisotopic (exact) mass is 387 g/mol. The second kappa shape index (κ2) is 8.52.